The minimum Gasteiger partial charge on any atom is -0.377 e. The lowest BCUT2D eigenvalue weighted by atomic mass is 9.57. The van der Waals surface area contributed by atoms with Crippen LogP contribution in [0.15, 0.2) is 33.7 Å². The molecule has 4 atom stereocenters. The third-order valence-corrected chi connectivity index (χ3v) is 6.87. The Kier molecular flexibility index (Phi) is 4.90. The molecule has 26 heavy (non-hydrogen) atoms. The van der Waals surface area contributed by atoms with Crippen molar-refractivity contribution in [3.8, 4) is 0 Å². The Morgan fingerprint density at radius 3 is 2.73 bits per heavy atom. The molecule has 0 radical (unpaired) electrons. The summed E-state index contributed by atoms with van der Waals surface area (Å²) in [6.45, 7) is 7.58. The van der Waals surface area contributed by atoms with Crippen LogP contribution in [-0.4, -0.2) is 50.9 Å². The number of anilines is 1. The van der Waals surface area contributed by atoms with Crippen LogP contribution < -0.4 is 15.5 Å². The fourth-order valence-corrected chi connectivity index (χ4v) is 5.16. The van der Waals surface area contributed by atoms with Gasteiger partial charge in [0.2, 0.25) is 0 Å². The lowest BCUT2D eigenvalue weighted by Crippen LogP contribution is -2.68. The lowest BCUT2D eigenvalue weighted by Gasteiger charge is -2.55. The molecule has 5 nitrogen and oxygen atoms in total. The number of rotatable bonds is 3. The second kappa shape index (κ2) is 7.04. The van der Waals surface area contributed by atoms with E-state index in [4.69, 9.17) is 4.74 Å². The maximum Gasteiger partial charge on any atom is 0.191 e. The SMILES string of the molecule is CN=C(NC1CCN(c2ccc(Br)cc2)C1)NC1C2CCOC2C1(C)C. The largest absolute Gasteiger partial charge is 0.377 e. The van der Waals surface area contributed by atoms with E-state index in [2.05, 4.69) is 74.6 Å². The van der Waals surface area contributed by atoms with Crippen molar-refractivity contribution in [3.63, 3.8) is 0 Å². The smallest absolute Gasteiger partial charge is 0.191 e. The maximum atomic E-state index is 5.91. The molecule has 142 valence electrons. The van der Waals surface area contributed by atoms with Gasteiger partial charge in [-0.2, -0.15) is 0 Å². The van der Waals surface area contributed by atoms with Crippen LogP contribution in [0.1, 0.15) is 26.7 Å². The lowest BCUT2D eigenvalue weighted by molar-refractivity contribution is -0.106. The number of fused-ring (bicyclic) bond motifs is 1. The molecule has 0 spiro atoms. The van der Waals surface area contributed by atoms with Gasteiger partial charge in [-0.25, -0.2) is 0 Å². The van der Waals surface area contributed by atoms with Crippen molar-refractivity contribution >= 4 is 27.6 Å². The summed E-state index contributed by atoms with van der Waals surface area (Å²) in [5.41, 5.74) is 1.45. The predicted molar refractivity (Wildman–Crippen MR) is 110 cm³/mol. The van der Waals surface area contributed by atoms with Crippen LogP contribution in [0.25, 0.3) is 0 Å². The number of guanidine groups is 1. The molecule has 2 heterocycles. The summed E-state index contributed by atoms with van der Waals surface area (Å²) in [4.78, 5) is 6.93. The van der Waals surface area contributed by atoms with E-state index in [9.17, 15) is 0 Å². The van der Waals surface area contributed by atoms with Crippen molar-refractivity contribution in [2.75, 3.05) is 31.6 Å². The quantitative estimate of drug-likeness (QED) is 0.582. The average molecular weight is 421 g/mol. The van der Waals surface area contributed by atoms with Crippen LogP contribution in [0.3, 0.4) is 0 Å². The zero-order valence-corrected chi connectivity index (χ0v) is 17.4. The Morgan fingerprint density at radius 2 is 2.00 bits per heavy atom. The first-order valence-electron chi connectivity index (χ1n) is 9.61. The summed E-state index contributed by atoms with van der Waals surface area (Å²) in [7, 11) is 1.87. The van der Waals surface area contributed by atoms with Gasteiger partial charge >= 0.3 is 0 Å². The van der Waals surface area contributed by atoms with Crippen molar-refractivity contribution in [3.05, 3.63) is 28.7 Å². The van der Waals surface area contributed by atoms with Gasteiger partial charge in [-0.05, 0) is 37.1 Å². The van der Waals surface area contributed by atoms with Gasteiger partial charge < -0.3 is 20.3 Å². The van der Waals surface area contributed by atoms with Gasteiger partial charge in [0.25, 0.3) is 0 Å². The Hall–Kier alpha value is -1.27. The van der Waals surface area contributed by atoms with E-state index in [0.717, 1.165) is 43.0 Å². The standard InChI is InChI=1S/C20H29BrN4O/c1-20(2)17(16-9-11-26-18(16)20)24-19(22-3)23-14-8-10-25(12-14)15-6-4-13(21)5-7-15/h4-7,14,16-18H,8-12H2,1-3H3,(H2,22,23,24). The third kappa shape index (κ3) is 3.22. The fourth-order valence-electron chi connectivity index (χ4n) is 4.89. The topological polar surface area (TPSA) is 48.9 Å². The molecule has 4 unspecified atom stereocenters. The third-order valence-electron chi connectivity index (χ3n) is 6.34. The Morgan fingerprint density at radius 1 is 1.23 bits per heavy atom. The van der Waals surface area contributed by atoms with Crippen molar-refractivity contribution in [2.24, 2.45) is 16.3 Å². The van der Waals surface area contributed by atoms with Gasteiger partial charge in [-0.15, -0.1) is 0 Å². The number of benzene rings is 1. The molecule has 4 rings (SSSR count). The highest BCUT2D eigenvalue weighted by atomic mass is 79.9. The number of hydrogen-bond donors (Lipinski definition) is 2. The number of halogens is 1. The van der Waals surface area contributed by atoms with E-state index in [1.54, 1.807) is 0 Å². The fraction of sp³-hybridized carbons (Fsp3) is 0.650. The molecule has 3 aliphatic rings. The molecule has 2 saturated heterocycles. The minimum atomic E-state index is 0.165. The number of aliphatic imine (C=N–C) groups is 1. The van der Waals surface area contributed by atoms with Crippen LogP contribution >= 0.6 is 15.9 Å². The molecule has 1 aromatic rings. The first-order chi connectivity index (χ1) is 12.5. The van der Waals surface area contributed by atoms with Gasteiger partial charge in [0.1, 0.15) is 0 Å². The maximum absolute atomic E-state index is 5.91. The number of nitrogens with zero attached hydrogens (tertiary/aromatic N) is 2. The minimum absolute atomic E-state index is 0.165. The molecule has 1 aromatic carbocycles. The summed E-state index contributed by atoms with van der Waals surface area (Å²) < 4.78 is 7.03. The van der Waals surface area contributed by atoms with Crippen molar-refractivity contribution in [1.82, 2.24) is 10.6 Å². The van der Waals surface area contributed by atoms with Gasteiger partial charge in [-0.1, -0.05) is 29.8 Å². The van der Waals surface area contributed by atoms with E-state index in [0.29, 0.717) is 24.1 Å². The summed E-state index contributed by atoms with van der Waals surface area (Å²) >= 11 is 3.51. The Labute approximate surface area is 164 Å². The monoisotopic (exact) mass is 420 g/mol. The highest BCUT2D eigenvalue weighted by Gasteiger charge is 2.59. The van der Waals surface area contributed by atoms with E-state index in [1.807, 2.05) is 7.05 Å². The molecular formula is C20H29BrN4O. The summed E-state index contributed by atoms with van der Waals surface area (Å²) in [6.07, 6.45) is 2.68. The van der Waals surface area contributed by atoms with Gasteiger partial charge in [-0.3, -0.25) is 4.99 Å². The molecule has 0 bridgehead atoms. The summed E-state index contributed by atoms with van der Waals surface area (Å²) in [5, 5.41) is 7.33. The van der Waals surface area contributed by atoms with Crippen molar-refractivity contribution in [1.29, 1.82) is 0 Å². The molecule has 1 aliphatic carbocycles. The Balaban J connectivity index is 1.34. The molecule has 1 saturated carbocycles. The molecule has 6 heteroatoms. The van der Waals surface area contributed by atoms with E-state index in [-0.39, 0.29) is 5.41 Å². The summed E-state index contributed by atoms with van der Waals surface area (Å²) in [5.74, 6) is 1.54. The van der Waals surface area contributed by atoms with Crippen LogP contribution in [0.2, 0.25) is 0 Å². The average Bonchev–Trinajstić information content (AvgIpc) is 3.27. The van der Waals surface area contributed by atoms with E-state index in [1.165, 1.54) is 5.69 Å². The molecule has 0 aromatic heterocycles. The van der Waals surface area contributed by atoms with Crippen LogP contribution in [0.4, 0.5) is 5.69 Å². The molecule has 2 aliphatic heterocycles. The normalized spacial score (nSPS) is 32.9. The molecule has 3 fully saturated rings. The predicted octanol–water partition coefficient (Wildman–Crippen LogP) is 3.01. The second-order valence-corrected chi connectivity index (χ2v) is 9.23. The number of nitrogens with one attached hydrogen (secondary N) is 2. The van der Waals surface area contributed by atoms with Crippen LogP contribution in [0.5, 0.6) is 0 Å². The van der Waals surface area contributed by atoms with Crippen LogP contribution in [0, 0.1) is 11.3 Å². The first kappa shape index (κ1) is 18.1. The first-order valence-corrected chi connectivity index (χ1v) is 10.4. The number of hydrogen-bond acceptors (Lipinski definition) is 3. The van der Waals surface area contributed by atoms with E-state index >= 15 is 0 Å². The second-order valence-electron chi connectivity index (χ2n) is 8.31. The zero-order chi connectivity index (χ0) is 18.3. The van der Waals surface area contributed by atoms with Crippen LogP contribution in [-0.2, 0) is 4.74 Å². The molecule has 2 N–H and O–H groups in total. The molecular weight excluding hydrogens is 392 g/mol. The van der Waals surface area contributed by atoms with Crippen molar-refractivity contribution < 1.29 is 4.74 Å². The summed E-state index contributed by atoms with van der Waals surface area (Å²) in [6, 6.07) is 9.42. The highest BCUT2D eigenvalue weighted by molar-refractivity contribution is 9.10. The van der Waals surface area contributed by atoms with Gasteiger partial charge in [0.15, 0.2) is 5.96 Å². The van der Waals surface area contributed by atoms with Gasteiger partial charge in [0, 0.05) is 60.3 Å². The Bertz CT molecular complexity index is 675. The molecule has 0 amide bonds. The zero-order valence-electron chi connectivity index (χ0n) is 15.8. The highest BCUT2D eigenvalue weighted by Crippen LogP contribution is 2.52. The van der Waals surface area contributed by atoms with Gasteiger partial charge in [0.05, 0.1) is 6.10 Å². The van der Waals surface area contributed by atoms with E-state index < -0.39 is 0 Å². The number of ether oxygens (including phenoxy) is 1. The van der Waals surface area contributed by atoms with Crippen molar-refractivity contribution in [2.45, 2.75) is 44.9 Å².